The van der Waals surface area contributed by atoms with E-state index >= 15 is 0 Å². The Morgan fingerprint density at radius 2 is 2.00 bits per heavy atom. The number of nitro groups is 1. The highest BCUT2D eigenvalue weighted by Crippen LogP contribution is 2.15. The largest absolute Gasteiger partial charge is 0.300 e. The van der Waals surface area contributed by atoms with E-state index in [-0.39, 0.29) is 29.1 Å². The lowest BCUT2D eigenvalue weighted by molar-refractivity contribution is -0.489. The summed E-state index contributed by atoms with van der Waals surface area (Å²) < 4.78 is 0. The molecule has 0 aromatic carbocycles. The van der Waals surface area contributed by atoms with Crippen molar-refractivity contribution >= 4 is 5.78 Å². The van der Waals surface area contributed by atoms with Crippen molar-refractivity contribution in [1.82, 2.24) is 0 Å². The predicted molar refractivity (Wildman–Crippen MR) is 45.5 cm³/mol. The summed E-state index contributed by atoms with van der Waals surface area (Å²) in [6.07, 6.45) is 0.318. The second-order valence-corrected chi connectivity index (χ2v) is 3.43. The number of hydrogen-bond donors (Lipinski definition) is 0. The Morgan fingerprint density at radius 1 is 1.50 bits per heavy atom. The topological polar surface area (TPSA) is 60.2 Å². The number of hydrogen-bond acceptors (Lipinski definition) is 3. The Kier molecular flexibility index (Phi) is 4.47. The highest BCUT2D eigenvalue weighted by atomic mass is 16.6. The first-order valence-corrected chi connectivity index (χ1v) is 4.04. The van der Waals surface area contributed by atoms with E-state index in [0.29, 0.717) is 6.42 Å². The van der Waals surface area contributed by atoms with E-state index in [4.69, 9.17) is 0 Å². The van der Waals surface area contributed by atoms with Crippen molar-refractivity contribution in [1.29, 1.82) is 0 Å². The van der Waals surface area contributed by atoms with Gasteiger partial charge >= 0.3 is 0 Å². The van der Waals surface area contributed by atoms with Gasteiger partial charge in [0.2, 0.25) is 6.54 Å². The molecule has 12 heavy (non-hydrogen) atoms. The molecule has 0 fully saturated rings. The third kappa shape index (κ3) is 4.82. The van der Waals surface area contributed by atoms with E-state index in [1.54, 1.807) is 0 Å². The van der Waals surface area contributed by atoms with E-state index in [1.165, 1.54) is 6.92 Å². The molecule has 0 aliphatic heterocycles. The lowest BCUT2D eigenvalue weighted by Gasteiger charge is -2.14. The number of ketones is 1. The van der Waals surface area contributed by atoms with E-state index in [0.717, 1.165) is 0 Å². The summed E-state index contributed by atoms with van der Waals surface area (Å²) in [6.45, 7) is 5.17. The van der Waals surface area contributed by atoms with Crippen molar-refractivity contribution in [2.45, 2.75) is 27.2 Å². The minimum Gasteiger partial charge on any atom is -0.300 e. The van der Waals surface area contributed by atoms with Crippen LogP contribution in [0.4, 0.5) is 0 Å². The van der Waals surface area contributed by atoms with Crippen LogP contribution in [0.1, 0.15) is 27.2 Å². The minimum atomic E-state index is -0.354. The Hall–Kier alpha value is -0.930. The van der Waals surface area contributed by atoms with Crippen molar-refractivity contribution in [3.63, 3.8) is 0 Å². The standard InChI is InChI=1S/C8H15NO3/c1-6(2)8(4-7(3)10)5-9(11)12/h6,8H,4-5H2,1-3H3. The maximum Gasteiger partial charge on any atom is 0.207 e. The van der Waals surface area contributed by atoms with Crippen molar-refractivity contribution in [2.75, 3.05) is 6.54 Å². The zero-order valence-electron chi connectivity index (χ0n) is 7.74. The molecule has 4 heteroatoms. The SMILES string of the molecule is CC(=O)CC(C[N+](=O)[O-])C(C)C. The van der Waals surface area contributed by atoms with Gasteiger partial charge in [-0.1, -0.05) is 13.8 Å². The fraction of sp³-hybridized carbons (Fsp3) is 0.875. The van der Waals surface area contributed by atoms with Crippen LogP contribution in [0.5, 0.6) is 0 Å². The van der Waals surface area contributed by atoms with Crippen LogP contribution >= 0.6 is 0 Å². The maximum absolute atomic E-state index is 10.7. The Bertz CT molecular complexity index is 161. The van der Waals surface area contributed by atoms with Crippen LogP contribution in [0.15, 0.2) is 0 Å². The molecule has 0 saturated carbocycles. The molecule has 0 radical (unpaired) electrons. The van der Waals surface area contributed by atoms with Gasteiger partial charge in [-0.3, -0.25) is 10.1 Å². The summed E-state index contributed by atoms with van der Waals surface area (Å²) in [5.41, 5.74) is 0. The second kappa shape index (κ2) is 4.85. The lowest BCUT2D eigenvalue weighted by atomic mass is 9.91. The van der Waals surface area contributed by atoms with Crippen LogP contribution in [0.2, 0.25) is 0 Å². The van der Waals surface area contributed by atoms with E-state index < -0.39 is 0 Å². The molecule has 70 valence electrons. The number of carbonyl (C=O) groups is 1. The van der Waals surface area contributed by atoms with Gasteiger partial charge in [-0.25, -0.2) is 0 Å². The quantitative estimate of drug-likeness (QED) is 0.467. The monoisotopic (exact) mass is 173 g/mol. The fourth-order valence-corrected chi connectivity index (χ4v) is 1.07. The Labute approximate surface area is 72.1 Å². The minimum absolute atomic E-state index is 0.0237. The number of rotatable bonds is 5. The normalized spacial score (nSPS) is 13.0. The highest BCUT2D eigenvalue weighted by Gasteiger charge is 2.20. The molecule has 1 atom stereocenters. The van der Waals surface area contributed by atoms with Gasteiger partial charge in [0.25, 0.3) is 0 Å². The molecule has 0 bridgehead atoms. The average Bonchev–Trinajstić information content (AvgIpc) is 1.83. The zero-order valence-corrected chi connectivity index (χ0v) is 7.74. The molecular weight excluding hydrogens is 158 g/mol. The van der Waals surface area contributed by atoms with Gasteiger partial charge in [0.15, 0.2) is 0 Å². The van der Waals surface area contributed by atoms with Crippen LogP contribution in [0.3, 0.4) is 0 Å². The summed E-state index contributed by atoms with van der Waals surface area (Å²) in [7, 11) is 0. The first kappa shape index (κ1) is 11.1. The van der Waals surface area contributed by atoms with Gasteiger partial charge in [0.05, 0.1) is 0 Å². The van der Waals surface area contributed by atoms with Crippen LogP contribution in [-0.2, 0) is 4.79 Å². The lowest BCUT2D eigenvalue weighted by Crippen LogP contribution is -2.21. The maximum atomic E-state index is 10.7. The molecule has 4 nitrogen and oxygen atoms in total. The molecule has 0 aromatic rings. The highest BCUT2D eigenvalue weighted by molar-refractivity contribution is 5.75. The molecule has 0 N–H and O–H groups in total. The van der Waals surface area contributed by atoms with E-state index in [2.05, 4.69) is 0 Å². The van der Waals surface area contributed by atoms with E-state index in [1.807, 2.05) is 13.8 Å². The van der Waals surface area contributed by atoms with Crippen LogP contribution in [0.25, 0.3) is 0 Å². The number of carbonyl (C=O) groups excluding carboxylic acids is 1. The zero-order chi connectivity index (χ0) is 9.72. The second-order valence-electron chi connectivity index (χ2n) is 3.43. The molecular formula is C8H15NO3. The van der Waals surface area contributed by atoms with Crippen LogP contribution in [0, 0.1) is 22.0 Å². The van der Waals surface area contributed by atoms with Gasteiger partial charge in [0, 0.05) is 17.3 Å². The van der Waals surface area contributed by atoms with Crippen LogP contribution in [-0.4, -0.2) is 17.3 Å². The smallest absolute Gasteiger partial charge is 0.207 e. The van der Waals surface area contributed by atoms with Crippen molar-refractivity contribution in [3.8, 4) is 0 Å². The summed E-state index contributed by atoms with van der Waals surface area (Å²) in [4.78, 5) is 20.6. The third-order valence-corrected chi connectivity index (χ3v) is 1.88. The fourth-order valence-electron chi connectivity index (χ4n) is 1.07. The first-order valence-electron chi connectivity index (χ1n) is 4.04. The molecule has 0 aromatic heterocycles. The molecule has 0 spiro atoms. The molecule has 0 amide bonds. The van der Waals surface area contributed by atoms with Gasteiger partial charge in [0.1, 0.15) is 5.78 Å². The molecule has 0 aliphatic carbocycles. The number of Topliss-reactive ketones (excluding diaryl/α,β-unsaturated/α-hetero) is 1. The molecule has 0 aliphatic rings. The molecule has 0 rings (SSSR count). The Balaban J connectivity index is 4.04. The van der Waals surface area contributed by atoms with Crippen molar-refractivity contribution in [3.05, 3.63) is 10.1 Å². The van der Waals surface area contributed by atoms with E-state index in [9.17, 15) is 14.9 Å². The first-order chi connectivity index (χ1) is 5.43. The molecule has 0 saturated heterocycles. The van der Waals surface area contributed by atoms with Gasteiger partial charge in [-0.05, 0) is 12.8 Å². The van der Waals surface area contributed by atoms with Crippen molar-refractivity contribution < 1.29 is 9.72 Å². The molecule has 0 heterocycles. The predicted octanol–water partition coefficient (Wildman–Crippen LogP) is 1.51. The number of nitrogens with zero attached hydrogens (tertiary/aromatic N) is 1. The van der Waals surface area contributed by atoms with Crippen molar-refractivity contribution in [2.24, 2.45) is 11.8 Å². The third-order valence-electron chi connectivity index (χ3n) is 1.88. The summed E-state index contributed by atoms with van der Waals surface area (Å²) in [5.74, 6) is 0.104. The van der Waals surface area contributed by atoms with Gasteiger partial charge in [-0.15, -0.1) is 0 Å². The summed E-state index contributed by atoms with van der Waals surface area (Å²) >= 11 is 0. The Morgan fingerprint density at radius 3 is 2.25 bits per heavy atom. The van der Waals surface area contributed by atoms with Crippen LogP contribution < -0.4 is 0 Å². The van der Waals surface area contributed by atoms with Gasteiger partial charge in [-0.2, -0.15) is 0 Å². The van der Waals surface area contributed by atoms with Gasteiger partial charge < -0.3 is 4.79 Å². The average molecular weight is 173 g/mol. The molecule has 1 unspecified atom stereocenters. The summed E-state index contributed by atoms with van der Waals surface area (Å²) in [6, 6.07) is 0. The summed E-state index contributed by atoms with van der Waals surface area (Å²) in [5, 5.41) is 10.2.